The summed E-state index contributed by atoms with van der Waals surface area (Å²) in [6.07, 6.45) is 92.9. The van der Waals surface area contributed by atoms with Crippen LogP contribution in [0.4, 0.5) is 0 Å². The van der Waals surface area contributed by atoms with Crippen molar-refractivity contribution < 1.29 is 42.9 Å². The van der Waals surface area contributed by atoms with Crippen molar-refractivity contribution in [3.05, 3.63) is 85.1 Å². The van der Waals surface area contributed by atoms with Crippen molar-refractivity contribution in [2.24, 2.45) is 0 Å². The Bertz CT molecular complexity index is 1740. The Kier molecular flexibility index (Phi) is 67.6. The summed E-state index contributed by atoms with van der Waals surface area (Å²) < 4.78 is 23.0. The molecule has 0 aliphatic rings. The van der Waals surface area contributed by atoms with Crippen LogP contribution >= 0.6 is 0 Å². The maximum Gasteiger partial charge on any atom is 0.361 e. The topological polar surface area (TPSA) is 108 Å². The maximum atomic E-state index is 13.0. The van der Waals surface area contributed by atoms with Crippen molar-refractivity contribution in [1.29, 1.82) is 0 Å². The fourth-order valence-corrected chi connectivity index (χ4v) is 10.9. The molecule has 0 bridgehead atoms. The molecule has 0 aromatic carbocycles. The Morgan fingerprint density at radius 2 is 0.640 bits per heavy atom. The largest absolute Gasteiger partial charge is 0.477 e. The third-order valence-corrected chi connectivity index (χ3v) is 16.7. The molecule has 0 saturated carbocycles. The molecule has 0 aromatic rings. The third kappa shape index (κ3) is 71.8. The molecule has 0 aliphatic carbocycles. The van der Waals surface area contributed by atoms with Gasteiger partial charge < -0.3 is 28.5 Å². The van der Waals surface area contributed by atoms with Crippen LogP contribution < -0.4 is 0 Å². The number of carbonyl (C=O) groups excluding carboxylic acids is 2. The molecule has 0 amide bonds. The number of nitrogens with zero attached hydrogens (tertiary/aromatic N) is 1. The Morgan fingerprint density at radius 3 is 0.955 bits per heavy atom. The number of rotatable bonds is 70. The summed E-state index contributed by atoms with van der Waals surface area (Å²) in [6.45, 7) is 4.82. The molecule has 89 heavy (non-hydrogen) atoms. The number of likely N-dealkylation sites (N-methyl/N-ethyl adjacent to an activating group) is 1. The SMILES string of the molecule is CC/C=C\C/C=C\C/C=C\C/C=C\C/C=C\C/C=C\C/C=C\CCCCCCCCCCCCCCCCCCCC(=O)OC(COC(=O)CCCCCCCCCCCCCCCCCCCCCCCCCCC)COC(OCC[N+](C)(C)C)C(=O)O. The van der Waals surface area contributed by atoms with E-state index in [0.717, 1.165) is 83.5 Å². The second kappa shape index (κ2) is 70.3. The molecule has 2 atom stereocenters. The number of unbranched alkanes of at least 4 members (excludes halogenated alkanes) is 41. The minimum Gasteiger partial charge on any atom is -0.477 e. The Morgan fingerprint density at radius 1 is 0.348 bits per heavy atom. The van der Waals surface area contributed by atoms with Crippen molar-refractivity contribution in [2.75, 3.05) is 47.5 Å². The number of esters is 2. The van der Waals surface area contributed by atoms with Crippen LogP contribution in [-0.4, -0.2) is 87.4 Å². The van der Waals surface area contributed by atoms with Gasteiger partial charge in [0.15, 0.2) is 6.10 Å². The average Bonchev–Trinajstić information content (AvgIpc) is 3.64. The monoisotopic (exact) mass is 1250 g/mol. The van der Waals surface area contributed by atoms with E-state index in [2.05, 4.69) is 98.9 Å². The van der Waals surface area contributed by atoms with E-state index in [9.17, 15) is 19.5 Å². The number of quaternary nitrogens is 1. The highest BCUT2D eigenvalue weighted by molar-refractivity contribution is 5.71. The molecule has 0 saturated heterocycles. The molecule has 2 unspecified atom stereocenters. The molecule has 0 aliphatic heterocycles. The minimum atomic E-state index is -1.51. The summed E-state index contributed by atoms with van der Waals surface area (Å²) in [7, 11) is 5.99. The molecular weight excluding hydrogens is 1100 g/mol. The average molecular weight is 1250 g/mol. The normalized spacial score (nSPS) is 13.1. The molecular formula is C80H144NO8+. The summed E-state index contributed by atoms with van der Waals surface area (Å²) >= 11 is 0. The molecule has 0 aromatic heterocycles. The predicted octanol–water partition coefficient (Wildman–Crippen LogP) is 23.8. The van der Waals surface area contributed by atoms with Gasteiger partial charge in [0.05, 0.1) is 34.4 Å². The number of ether oxygens (including phenoxy) is 4. The number of carboxylic acid groups (broad SMARTS) is 1. The van der Waals surface area contributed by atoms with Crippen LogP contribution in [0.1, 0.15) is 348 Å². The summed E-state index contributed by atoms with van der Waals surface area (Å²) in [5.41, 5.74) is 0. The van der Waals surface area contributed by atoms with Crippen LogP contribution in [-0.2, 0) is 33.3 Å². The van der Waals surface area contributed by atoms with E-state index < -0.39 is 18.4 Å². The van der Waals surface area contributed by atoms with Gasteiger partial charge >= 0.3 is 17.9 Å². The van der Waals surface area contributed by atoms with Gasteiger partial charge in [0.2, 0.25) is 0 Å². The first-order chi connectivity index (χ1) is 43.6. The molecule has 1 N–H and O–H groups in total. The van der Waals surface area contributed by atoms with Gasteiger partial charge in [0, 0.05) is 12.8 Å². The zero-order valence-corrected chi connectivity index (χ0v) is 59.1. The van der Waals surface area contributed by atoms with E-state index in [0.29, 0.717) is 17.4 Å². The fourth-order valence-electron chi connectivity index (χ4n) is 10.9. The highest BCUT2D eigenvalue weighted by Crippen LogP contribution is 2.19. The van der Waals surface area contributed by atoms with E-state index in [1.807, 2.05) is 21.1 Å². The van der Waals surface area contributed by atoms with Gasteiger partial charge in [-0.3, -0.25) is 9.59 Å². The maximum absolute atomic E-state index is 13.0. The molecule has 516 valence electrons. The quantitative estimate of drug-likeness (QED) is 0.0211. The van der Waals surface area contributed by atoms with E-state index in [1.165, 1.54) is 238 Å². The van der Waals surface area contributed by atoms with Crippen LogP contribution in [0.15, 0.2) is 85.1 Å². The predicted molar refractivity (Wildman–Crippen MR) is 382 cm³/mol. The Labute approximate surface area is 550 Å². The lowest BCUT2D eigenvalue weighted by atomic mass is 10.0. The van der Waals surface area contributed by atoms with E-state index in [4.69, 9.17) is 18.9 Å². The molecule has 0 heterocycles. The molecule has 9 nitrogen and oxygen atoms in total. The third-order valence-electron chi connectivity index (χ3n) is 16.7. The number of aliphatic carboxylic acids is 1. The van der Waals surface area contributed by atoms with E-state index >= 15 is 0 Å². The molecule has 0 radical (unpaired) electrons. The van der Waals surface area contributed by atoms with E-state index in [-0.39, 0.29) is 38.2 Å². The minimum absolute atomic E-state index is 0.179. The van der Waals surface area contributed by atoms with Gasteiger partial charge in [-0.2, -0.15) is 0 Å². The highest BCUT2D eigenvalue weighted by Gasteiger charge is 2.25. The van der Waals surface area contributed by atoms with Gasteiger partial charge in [0.1, 0.15) is 13.2 Å². The van der Waals surface area contributed by atoms with E-state index in [1.54, 1.807) is 0 Å². The zero-order valence-electron chi connectivity index (χ0n) is 59.1. The lowest BCUT2D eigenvalue weighted by Crippen LogP contribution is -2.40. The van der Waals surface area contributed by atoms with Gasteiger partial charge in [0.25, 0.3) is 6.29 Å². The van der Waals surface area contributed by atoms with Gasteiger partial charge in [-0.05, 0) is 70.6 Å². The molecule has 0 fully saturated rings. The van der Waals surface area contributed by atoms with Gasteiger partial charge in [-0.25, -0.2) is 4.79 Å². The number of carbonyl (C=O) groups is 3. The molecule has 0 spiro atoms. The number of allylic oxidation sites excluding steroid dienone is 14. The van der Waals surface area contributed by atoms with Crippen molar-refractivity contribution in [3.8, 4) is 0 Å². The number of carboxylic acids is 1. The fraction of sp³-hybridized carbons (Fsp3) is 0.787. The zero-order chi connectivity index (χ0) is 64.7. The van der Waals surface area contributed by atoms with Crippen LogP contribution in [0.25, 0.3) is 0 Å². The highest BCUT2D eigenvalue weighted by atomic mass is 16.7. The first-order valence-electron chi connectivity index (χ1n) is 37.8. The standard InChI is InChI=1S/C80H143NO8/c1-6-8-10-12-14-16-18-20-22-24-26-28-30-32-33-34-35-36-37-38-39-40-41-42-43-44-45-47-49-51-53-55-57-59-61-63-65-67-69-71-78(83)89-76(75-88-80(79(84)85)86-73-72-81(3,4)5)74-87-77(82)70-68-66-64-62-60-58-56-54-52-50-48-46-31-29-27-25-23-21-19-17-15-13-11-9-7-2/h8,10,14,16,20,22,26,28,32-33,35-36,38-39,76,80H,6-7,9,11-13,15,17-19,21,23-25,27,29-31,34,37,40-75H2,1-5H3/p+1/b10-8-,16-14-,22-20-,28-26-,33-32-,36-35-,39-38-. The Hall–Kier alpha value is -3.53. The Balaban J connectivity index is 4.03. The van der Waals surface area contributed by atoms with Crippen molar-refractivity contribution in [1.82, 2.24) is 0 Å². The summed E-state index contributed by atoms with van der Waals surface area (Å²) in [6, 6.07) is 0. The van der Waals surface area contributed by atoms with Crippen molar-refractivity contribution in [3.63, 3.8) is 0 Å². The van der Waals surface area contributed by atoms with Crippen LogP contribution in [0.5, 0.6) is 0 Å². The second-order valence-electron chi connectivity index (χ2n) is 26.6. The first-order valence-corrected chi connectivity index (χ1v) is 37.8. The smallest absolute Gasteiger partial charge is 0.361 e. The summed E-state index contributed by atoms with van der Waals surface area (Å²) in [4.78, 5) is 37.7. The van der Waals surface area contributed by atoms with Gasteiger partial charge in [-0.1, -0.05) is 349 Å². The van der Waals surface area contributed by atoms with Crippen molar-refractivity contribution >= 4 is 17.9 Å². The van der Waals surface area contributed by atoms with Crippen LogP contribution in [0.2, 0.25) is 0 Å². The number of hydrogen-bond acceptors (Lipinski definition) is 7. The van der Waals surface area contributed by atoms with Crippen LogP contribution in [0, 0.1) is 0 Å². The summed E-state index contributed by atoms with van der Waals surface area (Å²) in [5.74, 6) is -1.98. The molecule has 0 rings (SSSR count). The van der Waals surface area contributed by atoms with Crippen molar-refractivity contribution in [2.45, 2.75) is 360 Å². The first kappa shape index (κ1) is 85.5. The molecule has 9 heteroatoms. The van der Waals surface area contributed by atoms with Gasteiger partial charge in [-0.15, -0.1) is 0 Å². The second-order valence-corrected chi connectivity index (χ2v) is 26.6. The summed E-state index contributed by atoms with van der Waals surface area (Å²) in [5, 5.41) is 9.76. The lowest BCUT2D eigenvalue weighted by molar-refractivity contribution is -0.870. The lowest BCUT2D eigenvalue weighted by Gasteiger charge is -2.25. The van der Waals surface area contributed by atoms with Crippen LogP contribution in [0.3, 0.4) is 0 Å². The number of hydrogen-bond donors (Lipinski definition) is 1.